The number of nitrogens with zero attached hydrogens (tertiary/aromatic N) is 1. The summed E-state index contributed by atoms with van der Waals surface area (Å²) in [5, 5.41) is 18.2. The van der Waals surface area contributed by atoms with Crippen molar-refractivity contribution in [3.63, 3.8) is 0 Å². The molecule has 1 atom stereocenters. The molecule has 1 aromatic carbocycles. The van der Waals surface area contributed by atoms with E-state index in [0.717, 1.165) is 17.5 Å². The van der Waals surface area contributed by atoms with E-state index in [-0.39, 0.29) is 6.61 Å². The van der Waals surface area contributed by atoms with Gasteiger partial charge in [0.25, 0.3) is 0 Å². The molecular formula is C12H15NO3. The van der Waals surface area contributed by atoms with Gasteiger partial charge in [-0.1, -0.05) is 24.3 Å². The Labute approximate surface area is 94.1 Å². The molecule has 2 rings (SSSR count). The lowest BCUT2D eigenvalue weighted by Crippen LogP contribution is -2.41. The average Bonchev–Trinajstić information content (AvgIpc) is 2.28. The van der Waals surface area contributed by atoms with Gasteiger partial charge in [0.05, 0.1) is 6.61 Å². The highest BCUT2D eigenvalue weighted by molar-refractivity contribution is 5.76. The minimum Gasteiger partial charge on any atom is -0.480 e. The van der Waals surface area contributed by atoms with E-state index >= 15 is 0 Å². The summed E-state index contributed by atoms with van der Waals surface area (Å²) in [5.41, 5.74) is 1.96. The quantitative estimate of drug-likeness (QED) is 0.787. The SMILES string of the molecule is O=C(O)C1c2ccccc2CCN1CCO. The summed E-state index contributed by atoms with van der Waals surface area (Å²) in [6.45, 7) is 1.09. The number of hydrogen-bond donors (Lipinski definition) is 2. The highest BCUT2D eigenvalue weighted by atomic mass is 16.4. The van der Waals surface area contributed by atoms with E-state index in [1.54, 1.807) is 0 Å². The fourth-order valence-corrected chi connectivity index (χ4v) is 2.28. The molecule has 0 aromatic heterocycles. The maximum atomic E-state index is 11.3. The second-order valence-corrected chi connectivity index (χ2v) is 3.95. The lowest BCUT2D eigenvalue weighted by molar-refractivity contribution is -0.144. The lowest BCUT2D eigenvalue weighted by atomic mass is 9.92. The zero-order chi connectivity index (χ0) is 11.5. The normalized spacial score (nSPS) is 20.4. The number of benzene rings is 1. The van der Waals surface area contributed by atoms with Gasteiger partial charge in [-0.05, 0) is 17.5 Å². The lowest BCUT2D eigenvalue weighted by Gasteiger charge is -2.34. The Bertz CT molecular complexity index is 392. The Kier molecular flexibility index (Phi) is 3.22. The number of rotatable bonds is 3. The molecule has 16 heavy (non-hydrogen) atoms. The predicted octanol–water partition coefficient (Wildman–Crippen LogP) is 0.663. The average molecular weight is 221 g/mol. The van der Waals surface area contributed by atoms with E-state index in [9.17, 15) is 9.90 Å². The van der Waals surface area contributed by atoms with Crippen molar-refractivity contribution in [1.29, 1.82) is 0 Å². The van der Waals surface area contributed by atoms with E-state index in [2.05, 4.69) is 0 Å². The van der Waals surface area contributed by atoms with Gasteiger partial charge in [-0.15, -0.1) is 0 Å². The molecule has 1 aromatic rings. The van der Waals surface area contributed by atoms with Crippen molar-refractivity contribution >= 4 is 5.97 Å². The summed E-state index contributed by atoms with van der Waals surface area (Å²) < 4.78 is 0. The van der Waals surface area contributed by atoms with Gasteiger partial charge in [0.15, 0.2) is 0 Å². The second-order valence-electron chi connectivity index (χ2n) is 3.95. The third-order valence-electron chi connectivity index (χ3n) is 3.00. The van der Waals surface area contributed by atoms with Crippen LogP contribution >= 0.6 is 0 Å². The minimum absolute atomic E-state index is 0.00799. The third-order valence-corrected chi connectivity index (χ3v) is 3.00. The van der Waals surface area contributed by atoms with Crippen LogP contribution in [-0.4, -0.2) is 40.8 Å². The summed E-state index contributed by atoms with van der Waals surface area (Å²) in [5.74, 6) is -0.847. The number of aliphatic hydroxyl groups excluding tert-OH is 1. The van der Waals surface area contributed by atoms with E-state index < -0.39 is 12.0 Å². The molecule has 1 aliphatic heterocycles. The molecule has 0 fully saturated rings. The van der Waals surface area contributed by atoms with E-state index in [1.807, 2.05) is 29.2 Å². The summed E-state index contributed by atoms with van der Waals surface area (Å²) in [6.07, 6.45) is 0.847. The van der Waals surface area contributed by atoms with Crippen LogP contribution < -0.4 is 0 Å². The maximum absolute atomic E-state index is 11.3. The standard InChI is InChI=1S/C12H15NO3/c14-8-7-13-6-5-9-3-1-2-4-10(9)11(13)12(15)16/h1-4,11,14H,5-8H2,(H,15,16). The van der Waals surface area contributed by atoms with Crippen molar-refractivity contribution in [2.24, 2.45) is 0 Å². The Morgan fingerprint density at radius 2 is 2.19 bits per heavy atom. The topological polar surface area (TPSA) is 60.8 Å². The fourth-order valence-electron chi connectivity index (χ4n) is 2.28. The third kappa shape index (κ3) is 1.94. The Morgan fingerprint density at radius 3 is 2.88 bits per heavy atom. The van der Waals surface area contributed by atoms with Crippen LogP contribution in [0, 0.1) is 0 Å². The van der Waals surface area contributed by atoms with Crippen LogP contribution in [0.5, 0.6) is 0 Å². The van der Waals surface area contributed by atoms with Gasteiger partial charge in [0.2, 0.25) is 0 Å². The van der Waals surface area contributed by atoms with E-state index in [4.69, 9.17) is 5.11 Å². The molecule has 86 valence electrons. The van der Waals surface area contributed by atoms with Gasteiger partial charge >= 0.3 is 5.97 Å². The van der Waals surface area contributed by atoms with Crippen LogP contribution in [0.15, 0.2) is 24.3 Å². The Hall–Kier alpha value is -1.39. The highest BCUT2D eigenvalue weighted by Crippen LogP contribution is 2.29. The highest BCUT2D eigenvalue weighted by Gasteiger charge is 2.31. The molecule has 0 amide bonds. The Balaban J connectivity index is 2.35. The first-order valence-corrected chi connectivity index (χ1v) is 5.39. The number of carboxylic acid groups (broad SMARTS) is 1. The molecule has 4 nitrogen and oxygen atoms in total. The van der Waals surface area contributed by atoms with Gasteiger partial charge in [0, 0.05) is 13.1 Å². The van der Waals surface area contributed by atoms with E-state index in [0.29, 0.717) is 13.1 Å². The van der Waals surface area contributed by atoms with Crippen LogP contribution in [-0.2, 0) is 11.2 Å². The molecule has 4 heteroatoms. The van der Waals surface area contributed by atoms with Crippen molar-refractivity contribution < 1.29 is 15.0 Å². The molecule has 0 saturated carbocycles. The van der Waals surface area contributed by atoms with Gasteiger partial charge in [-0.3, -0.25) is 9.69 Å². The monoisotopic (exact) mass is 221 g/mol. The molecule has 0 bridgehead atoms. The van der Waals surface area contributed by atoms with Crippen LogP contribution in [0.1, 0.15) is 17.2 Å². The van der Waals surface area contributed by atoms with Crippen molar-refractivity contribution in [1.82, 2.24) is 4.90 Å². The molecule has 1 unspecified atom stereocenters. The molecule has 0 aliphatic carbocycles. The number of carbonyl (C=O) groups is 1. The Morgan fingerprint density at radius 1 is 1.44 bits per heavy atom. The zero-order valence-corrected chi connectivity index (χ0v) is 8.97. The molecular weight excluding hydrogens is 206 g/mol. The molecule has 1 aliphatic rings. The van der Waals surface area contributed by atoms with Gasteiger partial charge in [0.1, 0.15) is 6.04 Å². The first-order valence-electron chi connectivity index (χ1n) is 5.39. The largest absolute Gasteiger partial charge is 0.480 e. The first kappa shape index (κ1) is 11.1. The van der Waals surface area contributed by atoms with Gasteiger partial charge in [-0.2, -0.15) is 0 Å². The minimum atomic E-state index is -0.847. The molecule has 0 spiro atoms. The summed E-state index contributed by atoms with van der Waals surface area (Å²) in [7, 11) is 0. The smallest absolute Gasteiger partial charge is 0.325 e. The summed E-state index contributed by atoms with van der Waals surface area (Å²) >= 11 is 0. The number of aliphatic hydroxyl groups is 1. The second kappa shape index (κ2) is 4.63. The fraction of sp³-hybridized carbons (Fsp3) is 0.417. The molecule has 2 N–H and O–H groups in total. The van der Waals surface area contributed by atoms with Crippen LogP contribution in [0.3, 0.4) is 0 Å². The van der Waals surface area contributed by atoms with Gasteiger partial charge < -0.3 is 10.2 Å². The number of β-amino-alcohol motifs (C(OH)–C–C–N with tert-alkyl or cyclic N) is 1. The predicted molar refractivity (Wildman–Crippen MR) is 59.2 cm³/mol. The van der Waals surface area contributed by atoms with Crippen molar-refractivity contribution in [2.45, 2.75) is 12.5 Å². The first-order chi connectivity index (χ1) is 7.74. The molecule has 1 heterocycles. The zero-order valence-electron chi connectivity index (χ0n) is 8.97. The van der Waals surface area contributed by atoms with Crippen LogP contribution in [0.2, 0.25) is 0 Å². The number of carboxylic acids is 1. The van der Waals surface area contributed by atoms with Crippen LogP contribution in [0.4, 0.5) is 0 Å². The molecule has 0 saturated heterocycles. The van der Waals surface area contributed by atoms with E-state index in [1.165, 1.54) is 0 Å². The summed E-state index contributed by atoms with van der Waals surface area (Å²) in [4.78, 5) is 13.1. The van der Waals surface area contributed by atoms with Gasteiger partial charge in [-0.25, -0.2) is 0 Å². The number of hydrogen-bond acceptors (Lipinski definition) is 3. The van der Waals surface area contributed by atoms with Crippen molar-refractivity contribution in [2.75, 3.05) is 19.7 Å². The number of fused-ring (bicyclic) bond motifs is 1. The maximum Gasteiger partial charge on any atom is 0.325 e. The van der Waals surface area contributed by atoms with Crippen molar-refractivity contribution in [3.8, 4) is 0 Å². The van der Waals surface area contributed by atoms with Crippen LogP contribution in [0.25, 0.3) is 0 Å². The van der Waals surface area contributed by atoms with Crippen molar-refractivity contribution in [3.05, 3.63) is 35.4 Å². The number of aliphatic carboxylic acids is 1. The molecule has 0 radical (unpaired) electrons. The summed E-state index contributed by atoms with van der Waals surface area (Å²) in [6, 6.07) is 7.01.